The minimum Gasteiger partial charge on any atom is -0.377 e. The summed E-state index contributed by atoms with van der Waals surface area (Å²) in [5, 5.41) is 0. The van der Waals surface area contributed by atoms with Crippen LogP contribution in [0.5, 0.6) is 0 Å². The van der Waals surface area contributed by atoms with Gasteiger partial charge in [0.05, 0.1) is 6.10 Å². The molecule has 100 valence electrons. The summed E-state index contributed by atoms with van der Waals surface area (Å²) in [5.41, 5.74) is 2.16. The molecule has 1 saturated heterocycles. The molecule has 0 bridgehead atoms. The number of carbonyl (C=O) groups excluding carboxylic acids is 1. The van der Waals surface area contributed by atoms with Gasteiger partial charge in [-0.3, -0.25) is 10.2 Å². The van der Waals surface area contributed by atoms with Gasteiger partial charge in [0.1, 0.15) is 0 Å². The Morgan fingerprint density at radius 1 is 1.59 bits per heavy atom. The number of nitrogens with two attached hydrogens (primary N) is 1. The lowest BCUT2D eigenvalue weighted by molar-refractivity contribution is -0.121. The number of hydrogen-bond donors (Lipinski definition) is 2. The fraction of sp³-hybridized carbons (Fsp3) is 0.917. The van der Waals surface area contributed by atoms with Gasteiger partial charge in [-0.1, -0.05) is 0 Å². The number of ether oxygens (including phenoxy) is 1. The lowest BCUT2D eigenvalue weighted by atomic mass is 10.1. The Morgan fingerprint density at radius 2 is 2.35 bits per heavy atom. The molecule has 3 N–H and O–H groups in total. The standard InChI is InChI=1S/C12H25N3O2/c1-10(6-7-12(16)14-13)15(2)9-11-5-3-4-8-17-11/h10-11H,3-9,13H2,1-2H3,(H,14,16). The number of nitrogens with zero attached hydrogens (tertiary/aromatic N) is 1. The highest BCUT2D eigenvalue weighted by atomic mass is 16.5. The van der Waals surface area contributed by atoms with Crippen LogP contribution in [0.25, 0.3) is 0 Å². The van der Waals surface area contributed by atoms with E-state index in [4.69, 9.17) is 10.6 Å². The summed E-state index contributed by atoms with van der Waals surface area (Å²) in [5.74, 6) is 4.95. The van der Waals surface area contributed by atoms with Gasteiger partial charge in [-0.2, -0.15) is 0 Å². The molecule has 1 aliphatic heterocycles. The van der Waals surface area contributed by atoms with Gasteiger partial charge in [-0.15, -0.1) is 0 Å². The van der Waals surface area contributed by atoms with E-state index in [0.717, 1.165) is 26.0 Å². The largest absolute Gasteiger partial charge is 0.377 e. The highest BCUT2D eigenvalue weighted by Crippen LogP contribution is 2.15. The number of amides is 1. The van der Waals surface area contributed by atoms with Crippen molar-refractivity contribution < 1.29 is 9.53 Å². The van der Waals surface area contributed by atoms with Gasteiger partial charge in [0, 0.05) is 25.6 Å². The number of rotatable bonds is 6. The maximum atomic E-state index is 11.0. The van der Waals surface area contributed by atoms with E-state index >= 15 is 0 Å². The van der Waals surface area contributed by atoms with E-state index in [9.17, 15) is 4.79 Å². The number of nitrogens with one attached hydrogen (secondary N) is 1. The molecule has 0 spiro atoms. The van der Waals surface area contributed by atoms with Crippen LogP contribution in [0.2, 0.25) is 0 Å². The summed E-state index contributed by atoms with van der Waals surface area (Å²) in [6.07, 6.45) is 5.27. The summed E-state index contributed by atoms with van der Waals surface area (Å²) in [6, 6.07) is 0.373. The van der Waals surface area contributed by atoms with Gasteiger partial charge < -0.3 is 9.64 Å². The van der Waals surface area contributed by atoms with Crippen molar-refractivity contribution in [3.8, 4) is 0 Å². The molecular weight excluding hydrogens is 218 g/mol. The van der Waals surface area contributed by atoms with Crippen molar-refractivity contribution in [2.45, 2.75) is 51.2 Å². The smallest absolute Gasteiger partial charge is 0.233 e. The van der Waals surface area contributed by atoms with Crippen molar-refractivity contribution in [2.24, 2.45) is 5.84 Å². The van der Waals surface area contributed by atoms with Gasteiger partial charge in [0.15, 0.2) is 0 Å². The Bertz CT molecular complexity index is 230. The second-order valence-electron chi connectivity index (χ2n) is 4.88. The molecule has 5 nitrogen and oxygen atoms in total. The SMILES string of the molecule is CC(CCC(=O)NN)N(C)CC1CCCCO1. The van der Waals surface area contributed by atoms with Gasteiger partial charge in [0.2, 0.25) is 5.91 Å². The third-order valence-corrected chi connectivity index (χ3v) is 3.47. The zero-order chi connectivity index (χ0) is 12.7. The molecule has 0 radical (unpaired) electrons. The summed E-state index contributed by atoms with van der Waals surface area (Å²) in [7, 11) is 2.09. The van der Waals surface area contributed by atoms with Crippen molar-refractivity contribution in [3.05, 3.63) is 0 Å². The third kappa shape index (κ3) is 5.48. The predicted molar refractivity (Wildman–Crippen MR) is 67.2 cm³/mol. The van der Waals surface area contributed by atoms with Crippen LogP contribution in [-0.4, -0.2) is 43.2 Å². The molecule has 0 aromatic heterocycles. The lowest BCUT2D eigenvalue weighted by Gasteiger charge is -2.31. The molecule has 0 saturated carbocycles. The summed E-state index contributed by atoms with van der Waals surface area (Å²) in [4.78, 5) is 13.3. The van der Waals surface area contributed by atoms with Crippen molar-refractivity contribution >= 4 is 5.91 Å². The molecule has 1 aliphatic rings. The highest BCUT2D eigenvalue weighted by molar-refractivity contribution is 5.75. The number of likely N-dealkylation sites (N-methyl/N-ethyl adjacent to an activating group) is 1. The normalized spacial score (nSPS) is 22.5. The third-order valence-electron chi connectivity index (χ3n) is 3.47. The Balaban J connectivity index is 2.20. The van der Waals surface area contributed by atoms with Crippen LogP contribution in [0.15, 0.2) is 0 Å². The molecule has 1 amide bonds. The monoisotopic (exact) mass is 243 g/mol. The van der Waals surface area contributed by atoms with Crippen LogP contribution in [-0.2, 0) is 9.53 Å². The van der Waals surface area contributed by atoms with Gasteiger partial charge >= 0.3 is 0 Å². The lowest BCUT2D eigenvalue weighted by Crippen LogP contribution is -2.39. The molecule has 0 aromatic rings. The van der Waals surface area contributed by atoms with Crippen LogP contribution >= 0.6 is 0 Å². The molecule has 0 aliphatic carbocycles. The van der Waals surface area contributed by atoms with Crippen molar-refractivity contribution in [2.75, 3.05) is 20.2 Å². The molecule has 17 heavy (non-hydrogen) atoms. The first-order valence-electron chi connectivity index (χ1n) is 6.44. The summed E-state index contributed by atoms with van der Waals surface area (Å²) >= 11 is 0. The highest BCUT2D eigenvalue weighted by Gasteiger charge is 2.19. The van der Waals surface area contributed by atoms with Crippen LogP contribution in [0.4, 0.5) is 0 Å². The van der Waals surface area contributed by atoms with Crippen LogP contribution < -0.4 is 11.3 Å². The van der Waals surface area contributed by atoms with Gasteiger partial charge in [-0.25, -0.2) is 5.84 Å². The van der Waals surface area contributed by atoms with Gasteiger partial charge in [-0.05, 0) is 39.7 Å². The quantitative estimate of drug-likeness (QED) is 0.408. The average Bonchev–Trinajstić information content (AvgIpc) is 2.36. The molecule has 0 aromatic carbocycles. The Morgan fingerprint density at radius 3 is 2.94 bits per heavy atom. The first kappa shape index (κ1) is 14.4. The van der Waals surface area contributed by atoms with Crippen molar-refractivity contribution in [1.29, 1.82) is 0 Å². The van der Waals surface area contributed by atoms with E-state index in [0.29, 0.717) is 18.6 Å². The van der Waals surface area contributed by atoms with E-state index in [1.807, 2.05) is 0 Å². The average molecular weight is 243 g/mol. The molecule has 1 heterocycles. The minimum atomic E-state index is -0.0980. The number of carbonyl (C=O) groups is 1. The van der Waals surface area contributed by atoms with E-state index in [1.165, 1.54) is 12.8 Å². The number of hydrazine groups is 1. The Hall–Kier alpha value is -0.650. The molecule has 2 atom stereocenters. The van der Waals surface area contributed by atoms with E-state index in [-0.39, 0.29) is 5.91 Å². The zero-order valence-electron chi connectivity index (χ0n) is 10.9. The topological polar surface area (TPSA) is 67.6 Å². The van der Waals surface area contributed by atoms with Crippen LogP contribution in [0.1, 0.15) is 39.0 Å². The second kappa shape index (κ2) is 7.63. The zero-order valence-corrected chi connectivity index (χ0v) is 10.9. The molecular formula is C12H25N3O2. The van der Waals surface area contributed by atoms with Crippen molar-refractivity contribution in [3.63, 3.8) is 0 Å². The van der Waals surface area contributed by atoms with E-state index < -0.39 is 0 Å². The van der Waals surface area contributed by atoms with E-state index in [1.54, 1.807) is 0 Å². The first-order valence-corrected chi connectivity index (χ1v) is 6.44. The van der Waals surface area contributed by atoms with Gasteiger partial charge in [0.25, 0.3) is 0 Å². The molecule has 1 rings (SSSR count). The van der Waals surface area contributed by atoms with Crippen LogP contribution in [0.3, 0.4) is 0 Å². The summed E-state index contributed by atoms with van der Waals surface area (Å²) < 4.78 is 5.70. The molecule has 2 unspecified atom stereocenters. The maximum absolute atomic E-state index is 11.0. The fourth-order valence-corrected chi connectivity index (χ4v) is 2.09. The molecule has 1 fully saturated rings. The van der Waals surface area contributed by atoms with E-state index in [2.05, 4.69) is 24.3 Å². The van der Waals surface area contributed by atoms with Crippen LogP contribution in [0, 0.1) is 0 Å². The Kier molecular flexibility index (Phi) is 6.47. The fourth-order valence-electron chi connectivity index (χ4n) is 2.09. The molecule has 5 heteroatoms. The summed E-state index contributed by atoms with van der Waals surface area (Å²) in [6.45, 7) is 3.97. The second-order valence-corrected chi connectivity index (χ2v) is 4.88. The minimum absolute atomic E-state index is 0.0980. The Labute approximate surface area is 104 Å². The number of hydrogen-bond acceptors (Lipinski definition) is 4. The van der Waals surface area contributed by atoms with Crippen molar-refractivity contribution in [1.82, 2.24) is 10.3 Å². The maximum Gasteiger partial charge on any atom is 0.233 e. The predicted octanol–water partition coefficient (Wildman–Crippen LogP) is 0.646. The first-order chi connectivity index (χ1) is 8.13.